The van der Waals surface area contributed by atoms with Gasteiger partial charge in [-0.2, -0.15) is 0 Å². The molecular weight excluding hydrogens is 418 g/mol. The fourth-order valence-corrected chi connectivity index (χ4v) is 3.18. The Morgan fingerprint density at radius 1 is 1.06 bits per heavy atom. The van der Waals surface area contributed by atoms with Crippen molar-refractivity contribution in [2.45, 2.75) is 32.0 Å². The number of amides is 1. The summed E-state index contributed by atoms with van der Waals surface area (Å²) in [6.07, 6.45) is 1.85. The molecule has 168 valence electrons. The molecule has 0 spiro atoms. The quantitative estimate of drug-likeness (QED) is 0.442. The van der Waals surface area contributed by atoms with Crippen LogP contribution in [-0.2, 0) is 24.3 Å². The van der Waals surface area contributed by atoms with Gasteiger partial charge in [0.1, 0.15) is 12.6 Å². The lowest BCUT2D eigenvalue weighted by Crippen LogP contribution is -2.34. The summed E-state index contributed by atoms with van der Waals surface area (Å²) in [7, 11) is 0. The number of hydrogen-bond acceptors (Lipinski definition) is 6. The molecule has 10 heteroatoms. The standard InChI is InChI=1S/C22H24F2N6O2/c23-20(24)19(17-7-3-4-10-26-17)29-21-22(32)30(12-11-27-21)14-18(31)28-13-16-6-2-1-5-15(16)8-9-25/h1-7,10-12,19-20H,8-9,13-14,25H2,(H,27,29)(H,28,31). The van der Waals surface area contributed by atoms with Crippen LogP contribution in [0.3, 0.4) is 0 Å². The van der Waals surface area contributed by atoms with E-state index in [2.05, 4.69) is 20.6 Å². The zero-order valence-corrected chi connectivity index (χ0v) is 17.2. The number of benzene rings is 1. The van der Waals surface area contributed by atoms with Gasteiger partial charge in [-0.05, 0) is 36.2 Å². The van der Waals surface area contributed by atoms with Crippen LogP contribution in [0.1, 0.15) is 22.9 Å². The minimum Gasteiger partial charge on any atom is -0.352 e. The van der Waals surface area contributed by atoms with Gasteiger partial charge in [0.2, 0.25) is 5.91 Å². The van der Waals surface area contributed by atoms with E-state index in [1.807, 2.05) is 24.3 Å². The number of pyridine rings is 1. The summed E-state index contributed by atoms with van der Waals surface area (Å²) < 4.78 is 28.2. The molecule has 0 radical (unpaired) electrons. The maximum Gasteiger partial charge on any atom is 0.293 e. The van der Waals surface area contributed by atoms with E-state index in [-0.39, 0.29) is 24.6 Å². The van der Waals surface area contributed by atoms with Crippen molar-refractivity contribution >= 4 is 11.7 Å². The van der Waals surface area contributed by atoms with E-state index in [9.17, 15) is 18.4 Å². The van der Waals surface area contributed by atoms with Gasteiger partial charge in [0, 0.05) is 25.1 Å². The molecule has 2 aromatic heterocycles. The highest BCUT2D eigenvalue weighted by atomic mass is 19.3. The highest BCUT2D eigenvalue weighted by Gasteiger charge is 2.25. The van der Waals surface area contributed by atoms with Crippen LogP contribution in [0.2, 0.25) is 0 Å². The second-order valence-electron chi connectivity index (χ2n) is 7.00. The van der Waals surface area contributed by atoms with E-state index in [0.29, 0.717) is 13.0 Å². The molecule has 1 atom stereocenters. The lowest BCUT2D eigenvalue weighted by atomic mass is 10.0. The van der Waals surface area contributed by atoms with E-state index in [1.165, 1.54) is 24.7 Å². The second kappa shape index (κ2) is 11.1. The predicted molar refractivity (Wildman–Crippen MR) is 116 cm³/mol. The number of carbonyl (C=O) groups is 1. The third kappa shape index (κ3) is 5.94. The van der Waals surface area contributed by atoms with Crippen LogP contribution in [0.4, 0.5) is 14.6 Å². The van der Waals surface area contributed by atoms with Crippen molar-refractivity contribution in [1.82, 2.24) is 19.9 Å². The Morgan fingerprint density at radius 2 is 1.81 bits per heavy atom. The van der Waals surface area contributed by atoms with Gasteiger partial charge < -0.3 is 20.9 Å². The Labute approximate surface area is 183 Å². The lowest BCUT2D eigenvalue weighted by molar-refractivity contribution is -0.121. The predicted octanol–water partition coefficient (Wildman–Crippen LogP) is 1.87. The van der Waals surface area contributed by atoms with E-state index < -0.39 is 23.9 Å². The fraction of sp³-hybridized carbons (Fsp3) is 0.273. The van der Waals surface area contributed by atoms with Crippen molar-refractivity contribution < 1.29 is 13.6 Å². The normalized spacial score (nSPS) is 11.9. The summed E-state index contributed by atoms with van der Waals surface area (Å²) in [5, 5.41) is 5.22. The molecule has 0 aliphatic rings. The first-order valence-electron chi connectivity index (χ1n) is 10.0. The summed E-state index contributed by atoms with van der Waals surface area (Å²) >= 11 is 0. The van der Waals surface area contributed by atoms with Crippen LogP contribution in [0.25, 0.3) is 0 Å². The molecule has 0 bridgehead atoms. The third-order valence-corrected chi connectivity index (χ3v) is 4.79. The summed E-state index contributed by atoms with van der Waals surface area (Å²) in [6.45, 7) is 0.496. The van der Waals surface area contributed by atoms with E-state index in [0.717, 1.165) is 15.7 Å². The molecule has 1 amide bonds. The van der Waals surface area contributed by atoms with Crippen LogP contribution in [0.5, 0.6) is 0 Å². The summed E-state index contributed by atoms with van der Waals surface area (Å²) in [4.78, 5) is 32.9. The molecule has 1 aromatic carbocycles. The number of nitrogens with one attached hydrogen (secondary N) is 2. The van der Waals surface area contributed by atoms with Crippen molar-refractivity contribution in [3.05, 3.63) is 88.2 Å². The number of hydrogen-bond donors (Lipinski definition) is 3. The van der Waals surface area contributed by atoms with E-state index in [4.69, 9.17) is 5.73 Å². The minimum atomic E-state index is -2.82. The molecule has 0 fully saturated rings. The molecule has 2 heterocycles. The molecule has 4 N–H and O–H groups in total. The summed E-state index contributed by atoms with van der Waals surface area (Å²) in [5.41, 5.74) is 6.98. The lowest BCUT2D eigenvalue weighted by Gasteiger charge is -2.18. The number of rotatable bonds is 10. The molecule has 0 aliphatic heterocycles. The van der Waals surface area contributed by atoms with Crippen LogP contribution in [0.15, 0.2) is 65.8 Å². The summed E-state index contributed by atoms with van der Waals surface area (Å²) in [5.74, 6) is -0.688. The molecular formula is C22H24F2N6O2. The Hall–Kier alpha value is -3.66. The fourth-order valence-electron chi connectivity index (χ4n) is 3.18. The highest BCUT2D eigenvalue weighted by molar-refractivity contribution is 5.75. The van der Waals surface area contributed by atoms with Crippen LogP contribution >= 0.6 is 0 Å². The summed E-state index contributed by atoms with van der Waals surface area (Å²) in [6, 6.07) is 10.7. The van der Waals surface area contributed by atoms with Crippen molar-refractivity contribution in [1.29, 1.82) is 0 Å². The average molecular weight is 442 g/mol. The Bertz CT molecular complexity index is 1090. The number of carbonyl (C=O) groups excluding carboxylic acids is 1. The first kappa shape index (κ1) is 23.0. The van der Waals surface area contributed by atoms with E-state index >= 15 is 0 Å². The monoisotopic (exact) mass is 442 g/mol. The number of alkyl halides is 2. The molecule has 3 rings (SSSR count). The van der Waals surface area contributed by atoms with Gasteiger partial charge >= 0.3 is 0 Å². The number of halogens is 2. The largest absolute Gasteiger partial charge is 0.352 e. The van der Waals surface area contributed by atoms with Gasteiger partial charge in [0.05, 0.1) is 5.69 Å². The maximum absolute atomic E-state index is 13.6. The first-order chi connectivity index (χ1) is 15.5. The maximum atomic E-state index is 13.6. The molecule has 0 saturated carbocycles. The molecule has 8 nitrogen and oxygen atoms in total. The zero-order valence-electron chi connectivity index (χ0n) is 17.2. The van der Waals surface area contributed by atoms with Gasteiger partial charge in [-0.25, -0.2) is 13.8 Å². The van der Waals surface area contributed by atoms with Gasteiger partial charge in [0.25, 0.3) is 12.0 Å². The second-order valence-corrected chi connectivity index (χ2v) is 7.00. The van der Waals surface area contributed by atoms with Gasteiger partial charge in [-0.3, -0.25) is 14.6 Å². The topological polar surface area (TPSA) is 115 Å². The van der Waals surface area contributed by atoms with Gasteiger partial charge in [-0.1, -0.05) is 30.3 Å². The molecule has 0 aliphatic carbocycles. The molecule has 32 heavy (non-hydrogen) atoms. The van der Waals surface area contributed by atoms with Crippen molar-refractivity contribution in [2.75, 3.05) is 11.9 Å². The zero-order chi connectivity index (χ0) is 22.9. The number of nitrogens with zero attached hydrogens (tertiary/aromatic N) is 3. The third-order valence-electron chi connectivity index (χ3n) is 4.79. The average Bonchev–Trinajstić information content (AvgIpc) is 2.79. The van der Waals surface area contributed by atoms with E-state index in [1.54, 1.807) is 12.1 Å². The Morgan fingerprint density at radius 3 is 2.50 bits per heavy atom. The minimum absolute atomic E-state index is 0.0768. The Kier molecular flexibility index (Phi) is 7.98. The van der Waals surface area contributed by atoms with Crippen LogP contribution in [-0.4, -0.2) is 33.4 Å². The van der Waals surface area contributed by atoms with Crippen molar-refractivity contribution in [2.24, 2.45) is 5.73 Å². The number of nitrogens with two attached hydrogens (primary N) is 1. The van der Waals surface area contributed by atoms with Crippen LogP contribution < -0.4 is 21.9 Å². The smallest absolute Gasteiger partial charge is 0.293 e. The first-order valence-corrected chi connectivity index (χ1v) is 10.0. The van der Waals surface area contributed by atoms with Crippen molar-refractivity contribution in [3.63, 3.8) is 0 Å². The number of aromatic nitrogens is 3. The SMILES string of the molecule is NCCc1ccccc1CNC(=O)Cn1ccnc(NC(c2ccccn2)C(F)F)c1=O. The van der Waals surface area contributed by atoms with Crippen LogP contribution in [0, 0.1) is 0 Å². The molecule has 1 unspecified atom stereocenters. The molecule has 3 aromatic rings. The highest BCUT2D eigenvalue weighted by Crippen LogP contribution is 2.21. The Balaban J connectivity index is 1.69. The van der Waals surface area contributed by atoms with Crippen molar-refractivity contribution in [3.8, 4) is 0 Å². The molecule has 0 saturated heterocycles. The number of anilines is 1. The van der Waals surface area contributed by atoms with Gasteiger partial charge in [-0.15, -0.1) is 0 Å². The van der Waals surface area contributed by atoms with Gasteiger partial charge in [0.15, 0.2) is 5.82 Å².